The molecule has 3 heteroatoms. The van der Waals surface area contributed by atoms with Gasteiger partial charge in [-0.05, 0) is 36.8 Å². The Labute approximate surface area is 124 Å². The highest BCUT2D eigenvalue weighted by Gasteiger charge is 2.12. The lowest BCUT2D eigenvalue weighted by molar-refractivity contribution is 0.101. The van der Waals surface area contributed by atoms with Gasteiger partial charge < -0.3 is 4.74 Å². The number of rotatable bonds is 6. The van der Waals surface area contributed by atoms with E-state index in [0.29, 0.717) is 11.4 Å². The summed E-state index contributed by atoms with van der Waals surface area (Å²) < 4.78 is 5.98. The van der Waals surface area contributed by atoms with Crippen molar-refractivity contribution in [2.45, 2.75) is 19.4 Å². The second kappa shape index (κ2) is 7.11. The zero-order valence-electron chi connectivity index (χ0n) is 11.4. The molecule has 0 fully saturated rings. The van der Waals surface area contributed by atoms with Gasteiger partial charge in [0, 0.05) is 17.9 Å². The topological polar surface area (TPSA) is 26.3 Å². The summed E-state index contributed by atoms with van der Waals surface area (Å²) in [6.07, 6.45) is 0.664. The molecular formula is C17H17ClO2. The molecule has 0 aromatic heterocycles. The number of halogens is 1. The maximum Gasteiger partial charge on any atom is 0.159 e. The minimum absolute atomic E-state index is 0.0527. The van der Waals surface area contributed by atoms with Gasteiger partial charge in [0.1, 0.15) is 11.9 Å². The van der Waals surface area contributed by atoms with Crippen LogP contribution in [0.3, 0.4) is 0 Å². The molecule has 0 N–H and O–H groups in total. The molecule has 0 aliphatic rings. The number of alkyl halides is 1. The van der Waals surface area contributed by atoms with E-state index in [1.807, 2.05) is 42.5 Å². The van der Waals surface area contributed by atoms with E-state index in [1.54, 1.807) is 19.1 Å². The molecule has 0 amide bonds. The van der Waals surface area contributed by atoms with E-state index in [-0.39, 0.29) is 11.9 Å². The molecule has 0 aliphatic carbocycles. The van der Waals surface area contributed by atoms with Crippen LogP contribution in [0.1, 0.15) is 35.4 Å². The van der Waals surface area contributed by atoms with Crippen LogP contribution < -0.4 is 4.74 Å². The molecule has 2 nitrogen and oxygen atoms in total. The molecule has 0 bridgehead atoms. The molecule has 0 saturated carbocycles. The van der Waals surface area contributed by atoms with Crippen LogP contribution in [0.15, 0.2) is 54.6 Å². The van der Waals surface area contributed by atoms with Gasteiger partial charge in [-0.1, -0.05) is 30.3 Å². The Balaban J connectivity index is 2.14. The molecule has 2 rings (SSSR count). The third-order valence-corrected chi connectivity index (χ3v) is 3.30. The fourth-order valence-corrected chi connectivity index (χ4v) is 2.19. The van der Waals surface area contributed by atoms with Gasteiger partial charge >= 0.3 is 0 Å². The number of carbonyl (C=O) groups is 1. The van der Waals surface area contributed by atoms with E-state index in [4.69, 9.17) is 16.3 Å². The van der Waals surface area contributed by atoms with Gasteiger partial charge in [0.05, 0.1) is 0 Å². The van der Waals surface area contributed by atoms with E-state index in [1.165, 1.54) is 0 Å². The van der Waals surface area contributed by atoms with Crippen molar-refractivity contribution in [2.24, 2.45) is 0 Å². The highest BCUT2D eigenvalue weighted by Crippen LogP contribution is 2.25. The molecule has 0 spiro atoms. The van der Waals surface area contributed by atoms with Crippen molar-refractivity contribution in [3.8, 4) is 5.75 Å². The van der Waals surface area contributed by atoms with Crippen molar-refractivity contribution in [1.82, 2.24) is 0 Å². The number of benzene rings is 2. The van der Waals surface area contributed by atoms with Crippen LogP contribution in [-0.4, -0.2) is 11.7 Å². The lowest BCUT2D eigenvalue weighted by Crippen LogP contribution is -2.08. The predicted octanol–water partition coefficient (Wildman–Crippen LogP) is 4.64. The molecule has 0 saturated heterocycles. The fraction of sp³-hybridized carbons (Fsp3) is 0.235. The van der Waals surface area contributed by atoms with Gasteiger partial charge in [0.15, 0.2) is 5.78 Å². The minimum Gasteiger partial charge on any atom is -0.486 e. The van der Waals surface area contributed by atoms with E-state index in [2.05, 4.69) is 0 Å². The van der Waals surface area contributed by atoms with Crippen LogP contribution in [0.4, 0.5) is 0 Å². The van der Waals surface area contributed by atoms with Crippen molar-refractivity contribution >= 4 is 17.4 Å². The van der Waals surface area contributed by atoms with Crippen LogP contribution in [0.5, 0.6) is 5.75 Å². The number of Topliss-reactive ketones (excluding diaryl/α,β-unsaturated/α-hetero) is 1. The smallest absolute Gasteiger partial charge is 0.159 e. The van der Waals surface area contributed by atoms with Gasteiger partial charge in [0.2, 0.25) is 0 Å². The number of hydrogen-bond acceptors (Lipinski definition) is 2. The molecule has 0 heterocycles. The minimum atomic E-state index is -0.0723. The predicted molar refractivity (Wildman–Crippen MR) is 81.6 cm³/mol. The van der Waals surface area contributed by atoms with Crippen molar-refractivity contribution in [3.63, 3.8) is 0 Å². The monoisotopic (exact) mass is 288 g/mol. The van der Waals surface area contributed by atoms with Crippen LogP contribution >= 0.6 is 11.6 Å². The first-order valence-electron chi connectivity index (χ1n) is 6.59. The first-order chi connectivity index (χ1) is 9.70. The number of ketones is 1. The van der Waals surface area contributed by atoms with E-state index >= 15 is 0 Å². The van der Waals surface area contributed by atoms with Crippen LogP contribution in [-0.2, 0) is 0 Å². The fourth-order valence-electron chi connectivity index (χ4n) is 1.99. The maximum atomic E-state index is 11.2. The number of carbonyl (C=O) groups excluding carboxylic acids is 1. The summed E-state index contributed by atoms with van der Waals surface area (Å²) in [7, 11) is 0. The summed E-state index contributed by atoms with van der Waals surface area (Å²) in [4.78, 5) is 11.2. The van der Waals surface area contributed by atoms with Crippen molar-refractivity contribution in [1.29, 1.82) is 0 Å². The Morgan fingerprint density at radius 1 is 1.10 bits per heavy atom. The molecule has 104 valence electrons. The molecule has 1 atom stereocenters. The highest BCUT2D eigenvalue weighted by atomic mass is 35.5. The van der Waals surface area contributed by atoms with Crippen LogP contribution in [0.25, 0.3) is 0 Å². The van der Waals surface area contributed by atoms with Crippen LogP contribution in [0.2, 0.25) is 0 Å². The lowest BCUT2D eigenvalue weighted by Gasteiger charge is -2.18. The maximum absolute atomic E-state index is 11.2. The normalized spacial score (nSPS) is 11.9. The van der Waals surface area contributed by atoms with Crippen molar-refractivity contribution < 1.29 is 9.53 Å². The largest absolute Gasteiger partial charge is 0.486 e. The average Bonchev–Trinajstić information content (AvgIpc) is 2.48. The summed E-state index contributed by atoms with van der Waals surface area (Å²) in [6.45, 7) is 1.55. The standard InChI is InChI=1S/C17H17ClO2/c1-13(19)14-7-9-16(10-8-14)20-17(11-12-18)15-5-3-2-4-6-15/h2-10,17H,11-12H2,1H3. The van der Waals surface area contributed by atoms with Gasteiger partial charge in [-0.15, -0.1) is 11.6 Å². The van der Waals surface area contributed by atoms with E-state index in [9.17, 15) is 4.79 Å². The Morgan fingerprint density at radius 2 is 1.75 bits per heavy atom. The summed E-state index contributed by atoms with van der Waals surface area (Å²) >= 11 is 5.85. The van der Waals surface area contributed by atoms with Gasteiger partial charge in [-0.3, -0.25) is 4.79 Å². The van der Waals surface area contributed by atoms with Crippen LogP contribution in [0, 0.1) is 0 Å². The number of hydrogen-bond donors (Lipinski definition) is 0. The Bertz CT molecular complexity index is 549. The van der Waals surface area contributed by atoms with E-state index < -0.39 is 0 Å². The second-order valence-corrected chi connectivity index (χ2v) is 4.95. The summed E-state index contributed by atoms with van der Waals surface area (Å²) in [5, 5.41) is 0. The zero-order valence-corrected chi connectivity index (χ0v) is 12.1. The third kappa shape index (κ3) is 3.84. The van der Waals surface area contributed by atoms with Crippen molar-refractivity contribution in [3.05, 3.63) is 65.7 Å². The Kier molecular flexibility index (Phi) is 5.19. The number of ether oxygens (including phenoxy) is 1. The van der Waals surface area contributed by atoms with E-state index in [0.717, 1.165) is 17.7 Å². The molecule has 0 radical (unpaired) electrons. The highest BCUT2D eigenvalue weighted by molar-refractivity contribution is 6.17. The second-order valence-electron chi connectivity index (χ2n) is 4.58. The zero-order chi connectivity index (χ0) is 14.4. The average molecular weight is 289 g/mol. The molecular weight excluding hydrogens is 272 g/mol. The molecule has 2 aromatic rings. The van der Waals surface area contributed by atoms with Crippen molar-refractivity contribution in [2.75, 3.05) is 5.88 Å². The first kappa shape index (κ1) is 14.6. The molecule has 2 aromatic carbocycles. The lowest BCUT2D eigenvalue weighted by atomic mass is 10.1. The SMILES string of the molecule is CC(=O)c1ccc(OC(CCCl)c2ccccc2)cc1. The summed E-state index contributed by atoms with van der Waals surface area (Å²) in [5.74, 6) is 1.33. The van der Waals surface area contributed by atoms with Gasteiger partial charge in [0.25, 0.3) is 0 Å². The van der Waals surface area contributed by atoms with Gasteiger partial charge in [-0.2, -0.15) is 0 Å². The summed E-state index contributed by atoms with van der Waals surface area (Å²) in [5.41, 5.74) is 1.79. The first-order valence-corrected chi connectivity index (χ1v) is 7.12. The molecule has 20 heavy (non-hydrogen) atoms. The van der Waals surface area contributed by atoms with Gasteiger partial charge in [-0.25, -0.2) is 0 Å². The Morgan fingerprint density at radius 3 is 2.30 bits per heavy atom. The third-order valence-electron chi connectivity index (χ3n) is 3.08. The quantitative estimate of drug-likeness (QED) is 0.572. The Hall–Kier alpha value is -1.80. The summed E-state index contributed by atoms with van der Waals surface area (Å²) in [6, 6.07) is 17.2. The molecule has 1 unspecified atom stereocenters. The molecule has 0 aliphatic heterocycles.